The highest BCUT2D eigenvalue weighted by atomic mass is 79.9. The Balaban J connectivity index is 2.15. The Bertz CT molecular complexity index is 304. The van der Waals surface area contributed by atoms with E-state index in [2.05, 4.69) is 38.9 Å². The van der Waals surface area contributed by atoms with E-state index in [0.29, 0.717) is 6.04 Å². The number of rotatable bonds is 4. The molecule has 3 heteroatoms. The summed E-state index contributed by atoms with van der Waals surface area (Å²) in [5.41, 5.74) is 1.47. The van der Waals surface area contributed by atoms with Gasteiger partial charge in [0.25, 0.3) is 0 Å². The molecule has 1 heterocycles. The molecule has 1 nitrogen and oxygen atoms in total. The van der Waals surface area contributed by atoms with Crippen molar-refractivity contribution in [3.8, 4) is 0 Å². The minimum atomic E-state index is 0.568. The zero-order chi connectivity index (χ0) is 10.7. The summed E-state index contributed by atoms with van der Waals surface area (Å²) in [6.07, 6.45) is 5.60. The van der Waals surface area contributed by atoms with E-state index in [1.807, 2.05) is 0 Å². The maximum Gasteiger partial charge on any atom is 0.0368 e. The van der Waals surface area contributed by atoms with Gasteiger partial charge in [0.15, 0.2) is 0 Å². The summed E-state index contributed by atoms with van der Waals surface area (Å²) >= 11 is 5.45. The molecule has 0 saturated heterocycles. The molecule has 0 spiro atoms. The van der Waals surface area contributed by atoms with Crippen molar-refractivity contribution >= 4 is 27.3 Å². The summed E-state index contributed by atoms with van der Waals surface area (Å²) in [6, 6.07) is 0.568. The lowest BCUT2D eigenvalue weighted by atomic mass is 9.93. The number of thiophene rings is 1. The van der Waals surface area contributed by atoms with Gasteiger partial charge in [-0.25, -0.2) is 0 Å². The molecule has 15 heavy (non-hydrogen) atoms. The van der Waals surface area contributed by atoms with Crippen molar-refractivity contribution in [3.05, 3.63) is 20.8 Å². The highest BCUT2D eigenvalue weighted by Gasteiger charge is 2.27. The Kier molecular flexibility index (Phi) is 4.23. The molecule has 1 saturated carbocycles. The minimum Gasteiger partial charge on any atom is -0.310 e. The van der Waals surface area contributed by atoms with E-state index < -0.39 is 0 Å². The summed E-state index contributed by atoms with van der Waals surface area (Å²) in [5, 5.41) is 8.12. The highest BCUT2D eigenvalue weighted by Crippen LogP contribution is 2.39. The fraction of sp³-hybridized carbons (Fsp3) is 0.667. The average Bonchev–Trinajstić information content (AvgIpc) is 2.85. The summed E-state index contributed by atoms with van der Waals surface area (Å²) in [6.45, 7) is 3.26. The molecule has 1 aliphatic carbocycles. The molecule has 1 unspecified atom stereocenters. The molecule has 1 aromatic rings. The Labute approximate surface area is 104 Å². The predicted molar refractivity (Wildman–Crippen MR) is 70.4 cm³/mol. The van der Waals surface area contributed by atoms with Gasteiger partial charge in [-0.05, 0) is 52.2 Å². The number of halogens is 1. The first-order valence-electron chi connectivity index (χ1n) is 5.78. The van der Waals surface area contributed by atoms with Gasteiger partial charge >= 0.3 is 0 Å². The lowest BCUT2D eigenvalue weighted by Gasteiger charge is -2.24. The smallest absolute Gasteiger partial charge is 0.0368 e. The monoisotopic (exact) mass is 287 g/mol. The van der Waals surface area contributed by atoms with E-state index in [4.69, 9.17) is 0 Å². The zero-order valence-electron chi connectivity index (χ0n) is 9.13. The zero-order valence-corrected chi connectivity index (χ0v) is 11.5. The summed E-state index contributed by atoms with van der Waals surface area (Å²) in [4.78, 5) is 0. The van der Waals surface area contributed by atoms with E-state index >= 15 is 0 Å². The Morgan fingerprint density at radius 3 is 2.73 bits per heavy atom. The van der Waals surface area contributed by atoms with Gasteiger partial charge in [0.1, 0.15) is 0 Å². The van der Waals surface area contributed by atoms with Gasteiger partial charge in [0.2, 0.25) is 0 Å². The molecule has 0 aliphatic heterocycles. The van der Waals surface area contributed by atoms with Crippen LogP contribution in [0.1, 0.15) is 44.2 Å². The molecular weight excluding hydrogens is 270 g/mol. The number of hydrogen-bond acceptors (Lipinski definition) is 2. The molecule has 1 N–H and O–H groups in total. The first-order valence-corrected chi connectivity index (χ1v) is 7.51. The van der Waals surface area contributed by atoms with Crippen LogP contribution in [0.5, 0.6) is 0 Å². The molecule has 1 aliphatic rings. The second kappa shape index (κ2) is 5.46. The normalized spacial score (nSPS) is 19.6. The van der Waals surface area contributed by atoms with Crippen LogP contribution in [0.4, 0.5) is 0 Å². The largest absolute Gasteiger partial charge is 0.310 e. The summed E-state index contributed by atoms with van der Waals surface area (Å²) < 4.78 is 1.28. The van der Waals surface area contributed by atoms with Gasteiger partial charge < -0.3 is 5.32 Å². The van der Waals surface area contributed by atoms with Crippen LogP contribution in [-0.4, -0.2) is 6.54 Å². The second-order valence-corrected chi connectivity index (χ2v) is 5.85. The van der Waals surface area contributed by atoms with Crippen molar-refractivity contribution in [3.63, 3.8) is 0 Å². The summed E-state index contributed by atoms with van der Waals surface area (Å²) in [7, 11) is 0. The van der Waals surface area contributed by atoms with Gasteiger partial charge in [-0.1, -0.05) is 19.8 Å². The standard InChI is InChI=1S/C12H18BrNS/c1-2-14-12(9-5-3-4-6-9)10-7-15-8-11(10)13/h7-9,12,14H,2-6H2,1H3. The van der Waals surface area contributed by atoms with Crippen molar-refractivity contribution in [2.75, 3.05) is 6.54 Å². The van der Waals surface area contributed by atoms with Crippen LogP contribution in [0.3, 0.4) is 0 Å². The third-order valence-corrected chi connectivity index (χ3v) is 5.02. The van der Waals surface area contributed by atoms with Crippen LogP contribution >= 0.6 is 27.3 Å². The molecule has 1 aromatic heterocycles. The molecule has 84 valence electrons. The minimum absolute atomic E-state index is 0.568. The molecule has 1 atom stereocenters. The van der Waals surface area contributed by atoms with E-state index in [9.17, 15) is 0 Å². The molecule has 0 amide bonds. The van der Waals surface area contributed by atoms with E-state index in [-0.39, 0.29) is 0 Å². The van der Waals surface area contributed by atoms with Gasteiger partial charge in [0.05, 0.1) is 0 Å². The number of nitrogens with one attached hydrogen (secondary N) is 1. The molecule has 0 radical (unpaired) electrons. The highest BCUT2D eigenvalue weighted by molar-refractivity contribution is 9.10. The van der Waals surface area contributed by atoms with Crippen LogP contribution in [0.25, 0.3) is 0 Å². The van der Waals surface area contributed by atoms with E-state index in [0.717, 1.165) is 12.5 Å². The molecule has 2 rings (SSSR count). The van der Waals surface area contributed by atoms with Crippen molar-refractivity contribution in [2.45, 2.75) is 38.6 Å². The molecule has 0 bridgehead atoms. The number of hydrogen-bond donors (Lipinski definition) is 1. The van der Waals surface area contributed by atoms with Gasteiger partial charge in [-0.3, -0.25) is 0 Å². The Morgan fingerprint density at radius 2 is 2.20 bits per heavy atom. The first-order chi connectivity index (χ1) is 7.33. The van der Waals surface area contributed by atoms with Gasteiger partial charge in [0, 0.05) is 15.9 Å². The predicted octanol–water partition coefficient (Wildman–Crippen LogP) is 4.35. The van der Waals surface area contributed by atoms with Crippen LogP contribution in [0, 0.1) is 5.92 Å². The Hall–Kier alpha value is 0.140. The fourth-order valence-corrected chi connectivity index (χ4v) is 4.13. The third kappa shape index (κ3) is 2.63. The van der Waals surface area contributed by atoms with E-state index in [1.165, 1.54) is 35.7 Å². The Morgan fingerprint density at radius 1 is 1.47 bits per heavy atom. The maximum absolute atomic E-state index is 3.65. The van der Waals surface area contributed by atoms with Crippen molar-refractivity contribution < 1.29 is 0 Å². The lowest BCUT2D eigenvalue weighted by Crippen LogP contribution is -2.26. The third-order valence-electron chi connectivity index (χ3n) is 3.27. The molecular formula is C12H18BrNS. The second-order valence-electron chi connectivity index (χ2n) is 4.25. The van der Waals surface area contributed by atoms with Crippen LogP contribution in [-0.2, 0) is 0 Å². The van der Waals surface area contributed by atoms with Crippen molar-refractivity contribution in [2.24, 2.45) is 5.92 Å². The quantitative estimate of drug-likeness (QED) is 0.868. The SMILES string of the molecule is CCNC(c1cscc1Br)C1CCCC1. The molecule has 0 aromatic carbocycles. The van der Waals surface area contributed by atoms with E-state index in [1.54, 1.807) is 11.3 Å². The average molecular weight is 288 g/mol. The fourth-order valence-electron chi connectivity index (χ4n) is 2.55. The lowest BCUT2D eigenvalue weighted by molar-refractivity contribution is 0.374. The van der Waals surface area contributed by atoms with Crippen LogP contribution in [0.15, 0.2) is 15.2 Å². The maximum atomic E-state index is 3.65. The van der Waals surface area contributed by atoms with Gasteiger partial charge in [-0.15, -0.1) is 0 Å². The van der Waals surface area contributed by atoms with Gasteiger partial charge in [-0.2, -0.15) is 11.3 Å². The first kappa shape index (κ1) is 11.6. The van der Waals surface area contributed by atoms with Crippen LogP contribution in [0.2, 0.25) is 0 Å². The van der Waals surface area contributed by atoms with Crippen molar-refractivity contribution in [1.82, 2.24) is 5.32 Å². The van der Waals surface area contributed by atoms with Crippen molar-refractivity contribution in [1.29, 1.82) is 0 Å². The molecule has 1 fully saturated rings. The summed E-state index contributed by atoms with van der Waals surface area (Å²) in [5.74, 6) is 0.843. The van der Waals surface area contributed by atoms with Crippen LogP contribution < -0.4 is 5.32 Å². The topological polar surface area (TPSA) is 12.0 Å².